The van der Waals surface area contributed by atoms with E-state index < -0.39 is 0 Å². The molecule has 1 aromatic carbocycles. The number of likely N-dealkylation sites (tertiary alicyclic amines) is 1. The van der Waals surface area contributed by atoms with E-state index in [1.807, 2.05) is 36.1 Å². The molecule has 0 aliphatic carbocycles. The number of benzene rings is 1. The summed E-state index contributed by atoms with van der Waals surface area (Å²) in [6.07, 6.45) is 2.39. The molecule has 29 heavy (non-hydrogen) atoms. The summed E-state index contributed by atoms with van der Waals surface area (Å²) in [7, 11) is 0. The summed E-state index contributed by atoms with van der Waals surface area (Å²) in [4.78, 5) is 31.7. The number of nitrogens with one attached hydrogen (secondary N) is 1. The molecule has 2 amide bonds. The first-order valence-corrected chi connectivity index (χ1v) is 11.1. The van der Waals surface area contributed by atoms with Crippen LogP contribution in [0, 0.1) is 12.8 Å². The quantitative estimate of drug-likeness (QED) is 0.761. The van der Waals surface area contributed by atoms with Crippen molar-refractivity contribution in [2.24, 2.45) is 5.92 Å². The van der Waals surface area contributed by atoms with Crippen LogP contribution in [0.25, 0.3) is 0 Å². The Morgan fingerprint density at radius 3 is 2.21 bits per heavy atom. The van der Waals surface area contributed by atoms with E-state index in [0.29, 0.717) is 12.3 Å². The normalized spacial score (nSPS) is 19.3. The van der Waals surface area contributed by atoms with Gasteiger partial charge in [0, 0.05) is 64.3 Å². The van der Waals surface area contributed by atoms with E-state index in [1.54, 1.807) is 0 Å². The van der Waals surface area contributed by atoms with Gasteiger partial charge in [0.25, 0.3) is 5.91 Å². The highest BCUT2D eigenvalue weighted by Crippen LogP contribution is 2.22. The lowest BCUT2D eigenvalue weighted by molar-refractivity contribution is -0.122. The molecule has 2 heterocycles. The Morgan fingerprint density at radius 2 is 1.59 bits per heavy atom. The van der Waals surface area contributed by atoms with E-state index >= 15 is 0 Å². The Bertz CT molecular complexity index is 660. The number of hydrogen-bond donors (Lipinski definition) is 1. The van der Waals surface area contributed by atoms with Crippen LogP contribution < -0.4 is 5.32 Å². The van der Waals surface area contributed by atoms with E-state index in [1.165, 1.54) is 0 Å². The summed E-state index contributed by atoms with van der Waals surface area (Å²) in [5.41, 5.74) is 1.92. The van der Waals surface area contributed by atoms with Gasteiger partial charge in [-0.3, -0.25) is 14.5 Å². The van der Waals surface area contributed by atoms with Crippen molar-refractivity contribution < 1.29 is 9.59 Å². The molecule has 2 aliphatic heterocycles. The SMILES string of the molecule is CCN1CCN(CCNC(=O)CC2CCN(C(=O)c3ccc(C)cc3)CC2)CC1. The topological polar surface area (TPSA) is 55.9 Å². The molecule has 0 bridgehead atoms. The Kier molecular flexibility index (Phi) is 8.07. The molecule has 1 aromatic rings. The summed E-state index contributed by atoms with van der Waals surface area (Å²) in [6.45, 7) is 13.0. The molecular weight excluding hydrogens is 364 g/mol. The maximum atomic E-state index is 12.6. The molecule has 2 fully saturated rings. The van der Waals surface area contributed by atoms with Gasteiger partial charge < -0.3 is 15.1 Å². The Hall–Kier alpha value is -1.92. The van der Waals surface area contributed by atoms with Crippen molar-refractivity contribution in [3.05, 3.63) is 35.4 Å². The maximum absolute atomic E-state index is 12.6. The van der Waals surface area contributed by atoms with Gasteiger partial charge in [-0.15, -0.1) is 0 Å². The van der Waals surface area contributed by atoms with Crippen LogP contribution in [0.15, 0.2) is 24.3 Å². The van der Waals surface area contributed by atoms with Gasteiger partial charge in [-0.1, -0.05) is 24.6 Å². The molecular formula is C23H36N4O2. The lowest BCUT2D eigenvalue weighted by Crippen LogP contribution is -2.48. The van der Waals surface area contributed by atoms with Crippen molar-refractivity contribution in [3.8, 4) is 0 Å². The third-order valence-electron chi connectivity index (χ3n) is 6.34. The average Bonchev–Trinajstić information content (AvgIpc) is 2.75. The van der Waals surface area contributed by atoms with Crippen molar-refractivity contribution in [2.75, 3.05) is 58.9 Å². The van der Waals surface area contributed by atoms with E-state index in [0.717, 1.165) is 82.9 Å². The summed E-state index contributed by atoms with van der Waals surface area (Å²) in [5, 5.41) is 3.09. The first-order valence-electron chi connectivity index (χ1n) is 11.1. The number of nitrogens with zero attached hydrogens (tertiary/aromatic N) is 3. The first-order chi connectivity index (χ1) is 14.0. The molecule has 2 saturated heterocycles. The van der Waals surface area contributed by atoms with Gasteiger partial charge in [0.05, 0.1) is 0 Å². The Balaban J connectivity index is 1.31. The molecule has 0 radical (unpaired) electrons. The molecule has 0 atom stereocenters. The Labute approximate surface area is 175 Å². The second-order valence-corrected chi connectivity index (χ2v) is 8.43. The van der Waals surface area contributed by atoms with E-state index in [2.05, 4.69) is 22.0 Å². The minimum Gasteiger partial charge on any atom is -0.355 e. The number of rotatable bonds is 7. The van der Waals surface area contributed by atoms with Crippen LogP contribution in [0.1, 0.15) is 42.1 Å². The van der Waals surface area contributed by atoms with Crippen molar-refractivity contribution >= 4 is 11.8 Å². The smallest absolute Gasteiger partial charge is 0.253 e. The fourth-order valence-electron chi connectivity index (χ4n) is 4.24. The van der Waals surface area contributed by atoms with Crippen LogP contribution >= 0.6 is 0 Å². The fraction of sp³-hybridized carbons (Fsp3) is 0.652. The number of piperazine rings is 1. The summed E-state index contributed by atoms with van der Waals surface area (Å²) >= 11 is 0. The minimum atomic E-state index is 0.107. The summed E-state index contributed by atoms with van der Waals surface area (Å²) in [6, 6.07) is 7.76. The third kappa shape index (κ3) is 6.54. The number of amides is 2. The number of carbonyl (C=O) groups excluding carboxylic acids is 2. The molecule has 0 spiro atoms. The Morgan fingerprint density at radius 1 is 0.966 bits per heavy atom. The molecule has 0 aromatic heterocycles. The molecule has 3 rings (SSSR count). The van der Waals surface area contributed by atoms with Crippen LogP contribution in [0.4, 0.5) is 0 Å². The average molecular weight is 401 g/mol. The molecule has 6 heteroatoms. The van der Waals surface area contributed by atoms with Crippen LogP contribution in [0.3, 0.4) is 0 Å². The second kappa shape index (κ2) is 10.7. The molecule has 0 saturated carbocycles. The lowest BCUT2D eigenvalue weighted by atomic mass is 9.93. The zero-order valence-electron chi connectivity index (χ0n) is 18.0. The highest BCUT2D eigenvalue weighted by atomic mass is 16.2. The lowest BCUT2D eigenvalue weighted by Gasteiger charge is -2.34. The van der Waals surface area contributed by atoms with E-state index in [9.17, 15) is 9.59 Å². The van der Waals surface area contributed by atoms with Gasteiger partial charge >= 0.3 is 0 Å². The standard InChI is InChI=1S/C23H36N4O2/c1-3-25-14-16-26(17-15-25)13-10-24-22(28)18-20-8-11-27(12-9-20)23(29)21-6-4-19(2)5-7-21/h4-7,20H,3,8-18H2,1-2H3,(H,24,28). The zero-order chi connectivity index (χ0) is 20.6. The molecule has 6 nitrogen and oxygen atoms in total. The van der Waals surface area contributed by atoms with Gasteiger partial charge in [0.15, 0.2) is 0 Å². The van der Waals surface area contributed by atoms with Crippen LogP contribution in [0.2, 0.25) is 0 Å². The zero-order valence-corrected chi connectivity index (χ0v) is 18.0. The highest BCUT2D eigenvalue weighted by molar-refractivity contribution is 5.94. The summed E-state index contributed by atoms with van der Waals surface area (Å²) in [5.74, 6) is 0.641. The predicted molar refractivity (Wildman–Crippen MR) is 116 cm³/mol. The minimum absolute atomic E-state index is 0.107. The van der Waals surface area contributed by atoms with Gasteiger partial charge in [-0.25, -0.2) is 0 Å². The molecule has 1 N–H and O–H groups in total. The first kappa shape index (κ1) is 21.8. The largest absolute Gasteiger partial charge is 0.355 e. The third-order valence-corrected chi connectivity index (χ3v) is 6.34. The predicted octanol–water partition coefficient (Wildman–Crippen LogP) is 1.99. The monoisotopic (exact) mass is 400 g/mol. The molecule has 0 unspecified atom stereocenters. The number of hydrogen-bond acceptors (Lipinski definition) is 4. The van der Waals surface area contributed by atoms with Crippen molar-refractivity contribution in [3.63, 3.8) is 0 Å². The second-order valence-electron chi connectivity index (χ2n) is 8.43. The molecule has 160 valence electrons. The van der Waals surface area contributed by atoms with Gasteiger partial charge in [-0.2, -0.15) is 0 Å². The van der Waals surface area contributed by atoms with Crippen molar-refractivity contribution in [1.29, 1.82) is 0 Å². The number of carbonyl (C=O) groups is 2. The number of piperidine rings is 1. The number of likely N-dealkylation sites (N-methyl/N-ethyl adjacent to an activating group) is 1. The highest BCUT2D eigenvalue weighted by Gasteiger charge is 2.25. The fourth-order valence-corrected chi connectivity index (χ4v) is 4.24. The van der Waals surface area contributed by atoms with Crippen LogP contribution in [-0.4, -0.2) is 85.4 Å². The van der Waals surface area contributed by atoms with Gasteiger partial charge in [0.1, 0.15) is 0 Å². The van der Waals surface area contributed by atoms with Gasteiger partial charge in [-0.05, 0) is 44.4 Å². The van der Waals surface area contributed by atoms with Crippen LogP contribution in [0.5, 0.6) is 0 Å². The summed E-state index contributed by atoms with van der Waals surface area (Å²) < 4.78 is 0. The van der Waals surface area contributed by atoms with E-state index in [-0.39, 0.29) is 11.8 Å². The van der Waals surface area contributed by atoms with Gasteiger partial charge in [0.2, 0.25) is 5.91 Å². The van der Waals surface area contributed by atoms with Crippen molar-refractivity contribution in [1.82, 2.24) is 20.0 Å². The maximum Gasteiger partial charge on any atom is 0.253 e. The number of aryl methyl sites for hydroxylation is 1. The van der Waals surface area contributed by atoms with Crippen LogP contribution in [-0.2, 0) is 4.79 Å². The molecule has 2 aliphatic rings. The van der Waals surface area contributed by atoms with E-state index in [4.69, 9.17) is 0 Å². The van der Waals surface area contributed by atoms with Crippen molar-refractivity contribution in [2.45, 2.75) is 33.1 Å².